The number of piperazine rings is 1. The fraction of sp³-hybridized carbons (Fsp3) is 0.286. The number of carbonyl (C=O) groups is 2. The zero-order chi connectivity index (χ0) is 22.0. The Kier molecular flexibility index (Phi) is 5.75. The van der Waals surface area contributed by atoms with Gasteiger partial charge in [0.15, 0.2) is 21.3 Å². The molecule has 0 bridgehead atoms. The molecule has 3 aromatic rings. The van der Waals surface area contributed by atoms with Crippen molar-refractivity contribution < 1.29 is 22.4 Å². The number of nitrogens with zero attached hydrogens (tertiary/aromatic N) is 2. The summed E-state index contributed by atoms with van der Waals surface area (Å²) in [5.41, 5.74) is 1.85. The predicted octanol–water partition coefficient (Wildman–Crippen LogP) is 1.21. The van der Waals surface area contributed by atoms with E-state index in [0.29, 0.717) is 30.3 Å². The van der Waals surface area contributed by atoms with Crippen LogP contribution in [-0.4, -0.2) is 62.0 Å². The molecule has 4 rings (SSSR count). The highest BCUT2D eigenvalue weighted by atomic mass is 32.2. The number of benzene rings is 2. The summed E-state index contributed by atoms with van der Waals surface area (Å²) in [4.78, 5) is 31.4. The van der Waals surface area contributed by atoms with E-state index >= 15 is 0 Å². The predicted molar refractivity (Wildman–Crippen MR) is 114 cm³/mol. The monoisotopic (exact) mass is 442 g/mol. The molecule has 10 heteroatoms. The smallest absolute Gasteiger partial charge is 0.238 e. The number of para-hydroxylation sites is 2. The lowest BCUT2D eigenvalue weighted by Gasteiger charge is -2.33. The van der Waals surface area contributed by atoms with Crippen LogP contribution in [0.25, 0.3) is 11.1 Å². The van der Waals surface area contributed by atoms with Crippen LogP contribution >= 0.6 is 0 Å². The van der Waals surface area contributed by atoms with Gasteiger partial charge in [-0.3, -0.25) is 14.5 Å². The highest BCUT2D eigenvalue weighted by Gasteiger charge is 2.32. The number of aromatic nitrogens is 1. The van der Waals surface area contributed by atoms with Crippen molar-refractivity contribution in [3.63, 3.8) is 0 Å². The number of carbonyl (C=O) groups excluding carboxylic acids is 2. The van der Waals surface area contributed by atoms with Gasteiger partial charge in [-0.1, -0.05) is 12.1 Å². The quantitative estimate of drug-likeness (QED) is 0.588. The van der Waals surface area contributed by atoms with Gasteiger partial charge in [0.1, 0.15) is 5.52 Å². The SMILES string of the molecule is CS(=O)(=O)c1ccc(NC(=O)CN2CCNC(=O)C2Cc2nc3ccccc3o2)cc1. The number of sulfone groups is 1. The van der Waals surface area contributed by atoms with E-state index in [4.69, 9.17) is 4.42 Å². The molecule has 162 valence electrons. The summed E-state index contributed by atoms with van der Waals surface area (Å²) in [5, 5.41) is 5.56. The Balaban J connectivity index is 1.43. The van der Waals surface area contributed by atoms with Crippen molar-refractivity contribution in [2.45, 2.75) is 17.4 Å². The molecule has 1 fully saturated rings. The van der Waals surface area contributed by atoms with E-state index in [1.165, 1.54) is 24.3 Å². The van der Waals surface area contributed by atoms with E-state index in [1.54, 1.807) is 4.90 Å². The van der Waals surface area contributed by atoms with Crippen LogP contribution in [-0.2, 0) is 25.8 Å². The molecular weight excluding hydrogens is 420 g/mol. The van der Waals surface area contributed by atoms with Gasteiger partial charge in [-0.15, -0.1) is 0 Å². The summed E-state index contributed by atoms with van der Waals surface area (Å²) in [6.45, 7) is 0.961. The summed E-state index contributed by atoms with van der Waals surface area (Å²) < 4.78 is 28.9. The molecule has 2 aromatic carbocycles. The molecule has 9 nitrogen and oxygen atoms in total. The molecule has 31 heavy (non-hydrogen) atoms. The van der Waals surface area contributed by atoms with Gasteiger partial charge in [0, 0.05) is 31.5 Å². The molecule has 1 aromatic heterocycles. The first-order valence-corrected chi connectivity index (χ1v) is 11.6. The molecule has 1 atom stereocenters. The van der Waals surface area contributed by atoms with Crippen LogP contribution in [0.1, 0.15) is 5.89 Å². The maximum absolute atomic E-state index is 12.6. The van der Waals surface area contributed by atoms with Gasteiger partial charge in [0.05, 0.1) is 17.5 Å². The number of nitrogens with one attached hydrogen (secondary N) is 2. The second kappa shape index (κ2) is 8.48. The van der Waals surface area contributed by atoms with Crippen LogP contribution in [0.3, 0.4) is 0 Å². The van der Waals surface area contributed by atoms with Crippen molar-refractivity contribution in [1.82, 2.24) is 15.2 Å². The number of amides is 2. The summed E-state index contributed by atoms with van der Waals surface area (Å²) in [6.07, 6.45) is 1.37. The van der Waals surface area contributed by atoms with Crippen LogP contribution in [0.2, 0.25) is 0 Å². The zero-order valence-corrected chi connectivity index (χ0v) is 17.7. The minimum Gasteiger partial charge on any atom is -0.441 e. The van der Waals surface area contributed by atoms with Gasteiger partial charge in [0.25, 0.3) is 0 Å². The summed E-state index contributed by atoms with van der Waals surface area (Å²) in [7, 11) is -3.30. The fourth-order valence-corrected chi connectivity index (χ4v) is 4.15. The number of oxazole rings is 1. The minimum atomic E-state index is -3.30. The highest BCUT2D eigenvalue weighted by molar-refractivity contribution is 7.90. The van der Waals surface area contributed by atoms with Gasteiger partial charge < -0.3 is 15.1 Å². The van der Waals surface area contributed by atoms with E-state index in [0.717, 1.165) is 11.8 Å². The van der Waals surface area contributed by atoms with Crippen molar-refractivity contribution in [2.24, 2.45) is 0 Å². The highest BCUT2D eigenvalue weighted by Crippen LogP contribution is 2.19. The summed E-state index contributed by atoms with van der Waals surface area (Å²) in [6, 6.07) is 12.7. The fourth-order valence-electron chi connectivity index (χ4n) is 3.52. The van der Waals surface area contributed by atoms with Crippen molar-refractivity contribution in [2.75, 3.05) is 31.2 Å². The van der Waals surface area contributed by atoms with Crippen molar-refractivity contribution in [3.05, 3.63) is 54.4 Å². The topological polar surface area (TPSA) is 122 Å². The van der Waals surface area contributed by atoms with Crippen LogP contribution in [0, 0.1) is 0 Å². The van der Waals surface area contributed by atoms with Crippen LogP contribution < -0.4 is 10.6 Å². The van der Waals surface area contributed by atoms with Crippen LogP contribution in [0.5, 0.6) is 0 Å². The maximum atomic E-state index is 12.6. The minimum absolute atomic E-state index is 0.00609. The summed E-state index contributed by atoms with van der Waals surface area (Å²) in [5.74, 6) is -0.0480. The Labute approximate surface area is 179 Å². The lowest BCUT2D eigenvalue weighted by molar-refractivity contribution is -0.130. The Morgan fingerprint density at radius 1 is 1.23 bits per heavy atom. The largest absolute Gasteiger partial charge is 0.441 e. The number of fused-ring (bicyclic) bond motifs is 1. The van der Waals surface area contributed by atoms with Crippen molar-refractivity contribution >= 4 is 38.4 Å². The molecule has 0 aliphatic carbocycles. The maximum Gasteiger partial charge on any atom is 0.238 e. The summed E-state index contributed by atoms with van der Waals surface area (Å²) >= 11 is 0. The van der Waals surface area contributed by atoms with Crippen LogP contribution in [0.15, 0.2) is 57.8 Å². The average molecular weight is 442 g/mol. The molecular formula is C21H22N4O5S. The lowest BCUT2D eigenvalue weighted by Crippen LogP contribution is -2.57. The van der Waals surface area contributed by atoms with Crippen molar-refractivity contribution in [1.29, 1.82) is 0 Å². The zero-order valence-electron chi connectivity index (χ0n) is 16.9. The second-order valence-corrected chi connectivity index (χ2v) is 9.42. The molecule has 1 unspecified atom stereocenters. The van der Waals surface area contributed by atoms with E-state index in [1.807, 2.05) is 24.3 Å². The van der Waals surface area contributed by atoms with E-state index in [-0.39, 0.29) is 29.7 Å². The van der Waals surface area contributed by atoms with Gasteiger partial charge in [-0.05, 0) is 36.4 Å². The van der Waals surface area contributed by atoms with E-state index in [9.17, 15) is 18.0 Å². The van der Waals surface area contributed by atoms with Gasteiger partial charge in [0.2, 0.25) is 11.8 Å². The molecule has 2 N–H and O–H groups in total. The first kappa shape index (κ1) is 21.0. The molecule has 0 saturated carbocycles. The Hall–Kier alpha value is -3.24. The first-order valence-electron chi connectivity index (χ1n) is 9.76. The average Bonchev–Trinajstić information content (AvgIpc) is 3.13. The molecule has 2 heterocycles. The van der Waals surface area contributed by atoms with Gasteiger partial charge in [-0.25, -0.2) is 13.4 Å². The van der Waals surface area contributed by atoms with Crippen LogP contribution in [0.4, 0.5) is 5.69 Å². The van der Waals surface area contributed by atoms with E-state index < -0.39 is 15.9 Å². The number of anilines is 1. The Morgan fingerprint density at radius 3 is 2.68 bits per heavy atom. The molecule has 0 spiro atoms. The number of hydrogen-bond donors (Lipinski definition) is 2. The normalized spacial score (nSPS) is 17.5. The van der Waals surface area contributed by atoms with Gasteiger partial charge in [-0.2, -0.15) is 0 Å². The molecule has 2 amide bonds. The first-order chi connectivity index (χ1) is 14.8. The molecule has 1 aliphatic rings. The standard InChI is InChI=1S/C21H22N4O5S/c1-31(28,29)15-8-6-14(7-9-15)23-19(26)13-25-11-10-22-21(27)17(25)12-20-24-16-4-2-3-5-18(16)30-20/h2-9,17H,10-13H2,1H3,(H,22,27)(H,23,26). The third-order valence-corrected chi connectivity index (χ3v) is 6.19. The Bertz CT molecular complexity index is 1190. The van der Waals surface area contributed by atoms with E-state index in [2.05, 4.69) is 15.6 Å². The van der Waals surface area contributed by atoms with Gasteiger partial charge >= 0.3 is 0 Å². The molecule has 1 aliphatic heterocycles. The number of hydrogen-bond acceptors (Lipinski definition) is 7. The third kappa shape index (κ3) is 4.92. The second-order valence-electron chi connectivity index (χ2n) is 7.40. The third-order valence-electron chi connectivity index (χ3n) is 5.06. The molecule has 1 saturated heterocycles. The van der Waals surface area contributed by atoms with Crippen molar-refractivity contribution in [3.8, 4) is 0 Å². The molecule has 0 radical (unpaired) electrons. The Morgan fingerprint density at radius 2 is 1.97 bits per heavy atom. The lowest BCUT2D eigenvalue weighted by atomic mass is 10.1. The number of rotatable bonds is 6.